The minimum Gasteiger partial charge on any atom is -0.441 e. The lowest BCUT2D eigenvalue weighted by Crippen LogP contribution is -2.27. The van der Waals surface area contributed by atoms with Crippen molar-refractivity contribution in [2.24, 2.45) is 7.05 Å². The normalized spacial score (nSPS) is 14.4. The SMILES string of the molecule is CCc1nc2c3c(ccc2o1)CCN(CCCSc1nnc(-c2cccc4nc(C)ccc24)n1C)CC3. The van der Waals surface area contributed by atoms with Crippen molar-refractivity contribution in [2.45, 2.75) is 44.7 Å². The highest BCUT2D eigenvalue weighted by molar-refractivity contribution is 7.99. The van der Waals surface area contributed by atoms with Gasteiger partial charge in [0.25, 0.3) is 0 Å². The lowest BCUT2D eigenvalue weighted by molar-refractivity contribution is 0.289. The van der Waals surface area contributed by atoms with E-state index in [1.54, 1.807) is 11.8 Å². The lowest BCUT2D eigenvalue weighted by Gasteiger charge is -2.19. The first-order valence-electron chi connectivity index (χ1n) is 13.1. The molecule has 0 fully saturated rings. The van der Waals surface area contributed by atoms with Crippen molar-refractivity contribution in [3.8, 4) is 11.4 Å². The van der Waals surface area contributed by atoms with Crippen LogP contribution in [0.25, 0.3) is 33.4 Å². The Labute approximate surface area is 221 Å². The van der Waals surface area contributed by atoms with Gasteiger partial charge in [-0.1, -0.05) is 43.0 Å². The molecule has 0 aliphatic carbocycles. The monoisotopic (exact) mass is 512 g/mol. The predicted molar refractivity (Wildman–Crippen MR) is 149 cm³/mol. The van der Waals surface area contributed by atoms with E-state index < -0.39 is 0 Å². The van der Waals surface area contributed by atoms with Crippen LogP contribution in [0.1, 0.15) is 36.1 Å². The summed E-state index contributed by atoms with van der Waals surface area (Å²) in [6.45, 7) is 7.35. The zero-order valence-electron chi connectivity index (χ0n) is 21.7. The van der Waals surface area contributed by atoms with Gasteiger partial charge in [0.05, 0.1) is 5.52 Å². The molecule has 1 aliphatic rings. The van der Waals surface area contributed by atoms with Crippen LogP contribution in [0, 0.1) is 6.92 Å². The number of pyridine rings is 1. The number of oxazole rings is 1. The molecule has 4 heterocycles. The Morgan fingerprint density at radius 2 is 1.89 bits per heavy atom. The lowest BCUT2D eigenvalue weighted by atomic mass is 10.0. The van der Waals surface area contributed by atoms with E-state index in [1.807, 2.05) is 13.0 Å². The van der Waals surface area contributed by atoms with Crippen LogP contribution in [-0.4, -0.2) is 55.0 Å². The minimum atomic E-state index is 0.832. The molecule has 0 saturated carbocycles. The molecule has 7 nitrogen and oxygen atoms in total. The van der Waals surface area contributed by atoms with Crippen molar-refractivity contribution < 1.29 is 4.42 Å². The Hall–Kier alpha value is -3.23. The fourth-order valence-electron chi connectivity index (χ4n) is 5.26. The molecule has 0 amide bonds. The van der Waals surface area contributed by atoms with Crippen LogP contribution in [0.5, 0.6) is 0 Å². The molecule has 0 atom stereocenters. The maximum atomic E-state index is 5.89. The summed E-state index contributed by atoms with van der Waals surface area (Å²) in [5.74, 6) is 2.73. The summed E-state index contributed by atoms with van der Waals surface area (Å²) in [4.78, 5) is 12.0. The van der Waals surface area contributed by atoms with Crippen LogP contribution in [0.15, 0.2) is 52.0 Å². The molecular formula is C29H32N6OS. The van der Waals surface area contributed by atoms with Gasteiger partial charge in [0.1, 0.15) is 5.52 Å². The van der Waals surface area contributed by atoms with Crippen LogP contribution < -0.4 is 0 Å². The fourth-order valence-corrected chi connectivity index (χ4v) is 6.10. The number of nitrogens with zero attached hydrogens (tertiary/aromatic N) is 6. The van der Waals surface area contributed by atoms with Crippen LogP contribution in [-0.2, 0) is 26.3 Å². The molecule has 0 bridgehead atoms. The molecule has 0 radical (unpaired) electrons. The number of benzene rings is 2. The van der Waals surface area contributed by atoms with E-state index in [-0.39, 0.29) is 0 Å². The van der Waals surface area contributed by atoms with Crippen LogP contribution >= 0.6 is 11.8 Å². The zero-order valence-corrected chi connectivity index (χ0v) is 22.5. The third-order valence-electron chi connectivity index (χ3n) is 7.28. The van der Waals surface area contributed by atoms with Gasteiger partial charge in [0.2, 0.25) is 0 Å². The number of aryl methyl sites for hydroxylation is 2. The molecule has 3 aromatic heterocycles. The van der Waals surface area contributed by atoms with Crippen molar-refractivity contribution >= 4 is 33.8 Å². The Balaban J connectivity index is 1.07. The first-order valence-corrected chi connectivity index (χ1v) is 14.1. The zero-order chi connectivity index (χ0) is 25.4. The molecule has 6 rings (SSSR count). The van der Waals surface area contributed by atoms with E-state index in [9.17, 15) is 0 Å². The van der Waals surface area contributed by atoms with Gasteiger partial charge >= 0.3 is 0 Å². The predicted octanol–water partition coefficient (Wildman–Crippen LogP) is 5.63. The maximum Gasteiger partial charge on any atom is 0.195 e. The number of rotatable bonds is 7. The van der Waals surface area contributed by atoms with E-state index in [2.05, 4.69) is 75.0 Å². The Kier molecular flexibility index (Phi) is 6.69. The Morgan fingerprint density at radius 1 is 1.00 bits per heavy atom. The van der Waals surface area contributed by atoms with E-state index in [0.717, 1.165) is 101 Å². The van der Waals surface area contributed by atoms with Gasteiger partial charge in [-0.25, -0.2) is 4.98 Å². The fraction of sp³-hybridized carbons (Fsp3) is 0.379. The quantitative estimate of drug-likeness (QED) is 0.207. The van der Waals surface area contributed by atoms with Crippen LogP contribution in [0.3, 0.4) is 0 Å². The van der Waals surface area contributed by atoms with E-state index >= 15 is 0 Å². The number of hydrogen-bond acceptors (Lipinski definition) is 7. The number of aromatic nitrogens is 5. The third-order valence-corrected chi connectivity index (χ3v) is 8.39. The summed E-state index contributed by atoms with van der Waals surface area (Å²) in [6, 6.07) is 14.7. The molecular weight excluding hydrogens is 480 g/mol. The second-order valence-corrected chi connectivity index (χ2v) is 10.8. The highest BCUT2D eigenvalue weighted by atomic mass is 32.2. The van der Waals surface area contributed by atoms with Gasteiger partial charge in [-0.15, -0.1) is 10.2 Å². The smallest absolute Gasteiger partial charge is 0.195 e. The molecule has 37 heavy (non-hydrogen) atoms. The Morgan fingerprint density at radius 3 is 2.78 bits per heavy atom. The average Bonchev–Trinajstić information content (AvgIpc) is 3.43. The highest BCUT2D eigenvalue weighted by Gasteiger charge is 2.19. The van der Waals surface area contributed by atoms with Gasteiger partial charge in [-0.2, -0.15) is 0 Å². The second kappa shape index (κ2) is 10.3. The molecule has 8 heteroatoms. The van der Waals surface area contributed by atoms with Crippen molar-refractivity contribution in [1.29, 1.82) is 0 Å². The minimum absolute atomic E-state index is 0.832. The van der Waals surface area contributed by atoms with E-state index in [4.69, 9.17) is 9.40 Å². The van der Waals surface area contributed by atoms with Crippen LogP contribution in [0.4, 0.5) is 0 Å². The molecule has 5 aromatic rings. The first kappa shape index (κ1) is 24.1. The van der Waals surface area contributed by atoms with Gasteiger partial charge in [-0.05, 0) is 62.1 Å². The standard InChI is InChI=1S/C29H32N6OS/c1-4-26-31-27-21-14-17-35(16-13-20(21)10-12-25(27)36-26)15-6-18-37-29-33-32-28(34(29)3)23-7-5-8-24-22(23)11-9-19(2)30-24/h5,7-12H,4,6,13-18H2,1-3H3. The molecule has 0 N–H and O–H groups in total. The maximum absolute atomic E-state index is 5.89. The summed E-state index contributed by atoms with van der Waals surface area (Å²) in [5, 5.41) is 11.1. The summed E-state index contributed by atoms with van der Waals surface area (Å²) in [7, 11) is 2.05. The summed E-state index contributed by atoms with van der Waals surface area (Å²) in [6.07, 6.45) is 4.04. The Bertz CT molecular complexity index is 1570. The molecule has 1 aliphatic heterocycles. The summed E-state index contributed by atoms with van der Waals surface area (Å²) < 4.78 is 8.00. The molecule has 0 unspecified atom stereocenters. The average molecular weight is 513 g/mol. The van der Waals surface area contributed by atoms with Crippen molar-refractivity contribution in [3.63, 3.8) is 0 Å². The van der Waals surface area contributed by atoms with Gasteiger partial charge in [-0.3, -0.25) is 4.98 Å². The molecule has 190 valence electrons. The van der Waals surface area contributed by atoms with Crippen molar-refractivity contribution in [2.75, 3.05) is 25.4 Å². The van der Waals surface area contributed by atoms with Gasteiger partial charge in [0, 0.05) is 49.0 Å². The third kappa shape index (κ3) is 4.76. The van der Waals surface area contributed by atoms with E-state index in [1.165, 1.54) is 11.1 Å². The first-order chi connectivity index (χ1) is 18.1. The number of fused-ring (bicyclic) bond motifs is 4. The summed E-state index contributed by atoms with van der Waals surface area (Å²) >= 11 is 1.78. The largest absolute Gasteiger partial charge is 0.441 e. The van der Waals surface area contributed by atoms with Gasteiger partial charge < -0.3 is 13.9 Å². The van der Waals surface area contributed by atoms with E-state index in [0.29, 0.717) is 0 Å². The topological polar surface area (TPSA) is 72.9 Å². The number of hydrogen-bond donors (Lipinski definition) is 0. The van der Waals surface area contributed by atoms with Crippen LogP contribution in [0.2, 0.25) is 0 Å². The molecule has 0 spiro atoms. The van der Waals surface area contributed by atoms with Crippen molar-refractivity contribution in [1.82, 2.24) is 29.6 Å². The molecule has 2 aromatic carbocycles. The summed E-state index contributed by atoms with van der Waals surface area (Å²) in [5.41, 5.74) is 7.88. The highest BCUT2D eigenvalue weighted by Crippen LogP contribution is 2.30. The second-order valence-electron chi connectivity index (χ2n) is 9.74. The number of thioether (sulfide) groups is 1. The van der Waals surface area contributed by atoms with Gasteiger partial charge in [0.15, 0.2) is 22.5 Å². The van der Waals surface area contributed by atoms with Crippen molar-refractivity contribution in [3.05, 3.63) is 65.2 Å². The molecule has 0 saturated heterocycles.